The highest BCUT2D eigenvalue weighted by Gasteiger charge is 2.27. The van der Waals surface area contributed by atoms with Crippen LogP contribution >= 0.6 is 24.2 Å². The molecule has 1 unspecified atom stereocenters. The van der Waals surface area contributed by atoms with Gasteiger partial charge in [-0.15, -0.1) is 22.6 Å². The molecule has 1 aromatic heterocycles. The van der Waals surface area contributed by atoms with Crippen molar-refractivity contribution >= 4 is 34.0 Å². The lowest BCUT2D eigenvalue weighted by Crippen LogP contribution is -2.10. The molecule has 7 nitrogen and oxygen atoms in total. The molecule has 1 aliphatic heterocycles. The largest absolute Gasteiger partial charge is 0.497 e. The minimum atomic E-state index is -2.82. The third-order valence-electron chi connectivity index (χ3n) is 4.48. The zero-order valence-corrected chi connectivity index (χ0v) is 17.7. The number of hydrogen-bond acceptors (Lipinski definition) is 7. The van der Waals surface area contributed by atoms with Gasteiger partial charge in [-0.1, -0.05) is 11.8 Å². The fraction of sp³-hybridized carbons (Fsp3) is 0.529. The number of thioether (sulfide) groups is 1. The van der Waals surface area contributed by atoms with Crippen molar-refractivity contribution in [2.24, 2.45) is 11.7 Å². The Morgan fingerprint density at radius 3 is 2.63 bits per heavy atom. The van der Waals surface area contributed by atoms with Gasteiger partial charge in [0.15, 0.2) is 15.0 Å². The maximum Gasteiger partial charge on any atom is 0.195 e. The normalized spacial score (nSPS) is 18.2. The van der Waals surface area contributed by atoms with Crippen molar-refractivity contribution < 1.29 is 13.2 Å². The van der Waals surface area contributed by atoms with E-state index in [4.69, 9.17) is 10.5 Å². The third-order valence-corrected chi connectivity index (χ3v) is 7.28. The molecule has 2 heterocycles. The molecule has 150 valence electrons. The van der Waals surface area contributed by atoms with E-state index < -0.39 is 9.84 Å². The molecule has 27 heavy (non-hydrogen) atoms. The first-order valence-corrected chi connectivity index (χ1v) is 11.4. The number of nitrogens with two attached hydrogens (primary N) is 1. The maximum atomic E-state index is 11.6. The maximum absolute atomic E-state index is 11.6. The summed E-state index contributed by atoms with van der Waals surface area (Å²) in [4.78, 5) is 0. The summed E-state index contributed by atoms with van der Waals surface area (Å²) in [5.41, 5.74) is 6.67. The van der Waals surface area contributed by atoms with Crippen LogP contribution in [0.2, 0.25) is 0 Å². The van der Waals surface area contributed by atoms with Crippen LogP contribution in [-0.4, -0.2) is 54.1 Å². The average molecular weight is 433 g/mol. The molecule has 0 radical (unpaired) electrons. The van der Waals surface area contributed by atoms with Gasteiger partial charge in [-0.05, 0) is 49.6 Å². The Balaban J connectivity index is 0.00000261. The SMILES string of the molecule is COc1ccc(-n2c(CCN)nnc2SCCC2CCS(=O)(=O)C2)cc1.Cl. The Kier molecular flexibility index (Phi) is 7.96. The second-order valence-corrected chi connectivity index (χ2v) is 9.67. The summed E-state index contributed by atoms with van der Waals surface area (Å²) >= 11 is 1.61. The summed E-state index contributed by atoms with van der Waals surface area (Å²) in [7, 11) is -1.18. The molecule has 10 heteroatoms. The Morgan fingerprint density at radius 1 is 1.30 bits per heavy atom. The van der Waals surface area contributed by atoms with Crippen LogP contribution < -0.4 is 10.5 Å². The van der Waals surface area contributed by atoms with Crippen LogP contribution in [0.3, 0.4) is 0 Å². The number of hydrogen-bond donors (Lipinski definition) is 1. The lowest BCUT2D eigenvalue weighted by atomic mass is 10.1. The van der Waals surface area contributed by atoms with E-state index in [1.165, 1.54) is 0 Å². The summed E-state index contributed by atoms with van der Waals surface area (Å²) in [6.45, 7) is 0.499. The van der Waals surface area contributed by atoms with Crippen molar-refractivity contribution in [1.29, 1.82) is 0 Å². The van der Waals surface area contributed by atoms with Gasteiger partial charge in [0.1, 0.15) is 11.6 Å². The van der Waals surface area contributed by atoms with Crippen molar-refractivity contribution in [2.45, 2.75) is 24.4 Å². The van der Waals surface area contributed by atoms with Gasteiger partial charge < -0.3 is 10.5 Å². The first-order chi connectivity index (χ1) is 12.5. The predicted molar refractivity (Wildman–Crippen MR) is 110 cm³/mol. The van der Waals surface area contributed by atoms with Crippen LogP contribution in [0.25, 0.3) is 5.69 Å². The smallest absolute Gasteiger partial charge is 0.195 e. The fourth-order valence-electron chi connectivity index (χ4n) is 3.09. The van der Waals surface area contributed by atoms with Crippen molar-refractivity contribution in [2.75, 3.05) is 30.9 Å². The molecule has 0 bridgehead atoms. The Hall–Kier alpha value is -1.29. The van der Waals surface area contributed by atoms with E-state index in [1.807, 2.05) is 28.8 Å². The van der Waals surface area contributed by atoms with Gasteiger partial charge in [-0.25, -0.2) is 8.42 Å². The topological polar surface area (TPSA) is 100 Å². The third kappa shape index (κ3) is 5.60. The highest BCUT2D eigenvalue weighted by molar-refractivity contribution is 7.99. The van der Waals surface area contributed by atoms with E-state index in [0.717, 1.165) is 41.0 Å². The molecule has 2 N–H and O–H groups in total. The van der Waals surface area contributed by atoms with E-state index in [0.29, 0.717) is 24.5 Å². The minimum Gasteiger partial charge on any atom is -0.497 e. The molecule has 1 fully saturated rings. The van der Waals surface area contributed by atoms with Gasteiger partial charge in [0.05, 0.1) is 18.6 Å². The number of halogens is 1. The molecule has 2 aromatic rings. The number of rotatable bonds is 8. The molecule has 0 saturated carbocycles. The molecule has 1 atom stereocenters. The van der Waals surface area contributed by atoms with Crippen molar-refractivity contribution in [3.63, 3.8) is 0 Å². The minimum absolute atomic E-state index is 0. The quantitative estimate of drug-likeness (QED) is 0.637. The zero-order valence-electron chi connectivity index (χ0n) is 15.2. The van der Waals surface area contributed by atoms with Gasteiger partial charge >= 0.3 is 0 Å². The first-order valence-electron chi connectivity index (χ1n) is 8.64. The van der Waals surface area contributed by atoms with Gasteiger partial charge in [-0.3, -0.25) is 4.57 Å². The standard InChI is InChI=1S/C17H24N4O3S2.ClH/c1-24-15-4-2-14(3-5-15)21-16(6-9-18)19-20-17(21)25-10-7-13-8-11-26(22,23)12-13;/h2-5,13H,6-12,18H2,1H3;1H. The molecule has 0 amide bonds. The van der Waals surface area contributed by atoms with Crippen LogP contribution in [0, 0.1) is 5.92 Å². The number of ether oxygens (including phenoxy) is 1. The van der Waals surface area contributed by atoms with Crippen LogP contribution in [0.15, 0.2) is 29.4 Å². The lowest BCUT2D eigenvalue weighted by molar-refractivity contribution is 0.414. The number of benzene rings is 1. The molecule has 3 rings (SSSR count). The summed E-state index contributed by atoms with van der Waals surface area (Å²) in [5.74, 6) is 3.33. The van der Waals surface area contributed by atoms with Gasteiger partial charge in [0.2, 0.25) is 0 Å². The second kappa shape index (κ2) is 9.77. The molecule has 1 aromatic carbocycles. The number of aromatic nitrogens is 3. The van der Waals surface area contributed by atoms with E-state index in [-0.39, 0.29) is 18.3 Å². The number of nitrogens with zero attached hydrogens (tertiary/aromatic N) is 3. The van der Waals surface area contributed by atoms with Crippen LogP contribution in [0.1, 0.15) is 18.7 Å². The summed E-state index contributed by atoms with van der Waals surface area (Å²) < 4.78 is 30.4. The van der Waals surface area contributed by atoms with E-state index >= 15 is 0 Å². The highest BCUT2D eigenvalue weighted by Crippen LogP contribution is 2.28. The number of methoxy groups -OCH3 is 1. The van der Waals surface area contributed by atoms with Crippen LogP contribution in [0.5, 0.6) is 5.75 Å². The zero-order chi connectivity index (χ0) is 18.6. The molecule has 0 spiro atoms. The lowest BCUT2D eigenvalue weighted by Gasteiger charge is -2.11. The highest BCUT2D eigenvalue weighted by atomic mass is 35.5. The molecule has 1 aliphatic rings. The van der Waals surface area contributed by atoms with Gasteiger partial charge in [0, 0.05) is 17.9 Å². The Bertz CT molecular complexity index is 840. The summed E-state index contributed by atoms with van der Waals surface area (Å²) in [6, 6.07) is 7.74. The molecule has 0 aliphatic carbocycles. The van der Waals surface area contributed by atoms with Gasteiger partial charge in [-0.2, -0.15) is 0 Å². The van der Waals surface area contributed by atoms with E-state index in [2.05, 4.69) is 10.2 Å². The monoisotopic (exact) mass is 432 g/mol. The Labute approximate surface area is 170 Å². The summed E-state index contributed by atoms with van der Waals surface area (Å²) in [5, 5.41) is 9.41. The molecular formula is C17H25ClN4O3S2. The van der Waals surface area contributed by atoms with Gasteiger partial charge in [0.25, 0.3) is 0 Å². The van der Waals surface area contributed by atoms with E-state index in [9.17, 15) is 8.42 Å². The van der Waals surface area contributed by atoms with E-state index in [1.54, 1.807) is 18.9 Å². The van der Waals surface area contributed by atoms with Crippen molar-refractivity contribution in [3.8, 4) is 11.4 Å². The second-order valence-electron chi connectivity index (χ2n) is 6.38. The number of sulfone groups is 1. The van der Waals surface area contributed by atoms with Crippen LogP contribution in [0.4, 0.5) is 0 Å². The van der Waals surface area contributed by atoms with Crippen molar-refractivity contribution in [1.82, 2.24) is 14.8 Å². The van der Waals surface area contributed by atoms with Crippen molar-refractivity contribution in [3.05, 3.63) is 30.1 Å². The molecule has 1 saturated heterocycles. The van der Waals surface area contributed by atoms with Crippen LogP contribution in [-0.2, 0) is 16.3 Å². The molecular weight excluding hydrogens is 408 g/mol. The summed E-state index contributed by atoms with van der Waals surface area (Å²) in [6.07, 6.45) is 2.28. The fourth-order valence-corrected chi connectivity index (χ4v) is 6.07. The predicted octanol–water partition coefficient (Wildman–Crippen LogP) is 2.12. The Morgan fingerprint density at radius 2 is 2.04 bits per heavy atom. The first kappa shape index (κ1) is 22.0. The average Bonchev–Trinajstić information content (AvgIpc) is 3.18.